The molecule has 0 atom stereocenters. The van der Waals surface area contributed by atoms with Crippen molar-refractivity contribution in [3.8, 4) is 5.88 Å². The molecule has 0 spiro atoms. The number of rotatable bonds is 7. The first kappa shape index (κ1) is 19.5. The van der Waals surface area contributed by atoms with Crippen molar-refractivity contribution in [3.63, 3.8) is 0 Å². The summed E-state index contributed by atoms with van der Waals surface area (Å²) < 4.78 is 40.7. The highest BCUT2D eigenvalue weighted by Gasteiger charge is 2.28. The molecule has 1 N–H and O–H groups in total. The number of amides is 1. The van der Waals surface area contributed by atoms with Crippen molar-refractivity contribution in [1.82, 2.24) is 20.1 Å². The SMILES string of the molecule is CN1CCN(CCCNC(=O)c2ccc(OCC(F)(F)F)nc2)CC1. The Morgan fingerprint density at radius 1 is 1.28 bits per heavy atom. The van der Waals surface area contributed by atoms with Crippen LogP contribution in [-0.4, -0.2) is 79.8 Å². The zero-order chi connectivity index (χ0) is 18.3. The van der Waals surface area contributed by atoms with Crippen LogP contribution in [0.1, 0.15) is 16.8 Å². The Morgan fingerprint density at radius 2 is 2.00 bits per heavy atom. The average molecular weight is 360 g/mol. The Hall–Kier alpha value is -1.87. The lowest BCUT2D eigenvalue weighted by molar-refractivity contribution is -0.154. The fraction of sp³-hybridized carbons (Fsp3) is 0.625. The molecule has 1 aliphatic heterocycles. The highest BCUT2D eigenvalue weighted by Crippen LogP contribution is 2.17. The number of hydrogen-bond acceptors (Lipinski definition) is 5. The molecular weight excluding hydrogens is 337 g/mol. The topological polar surface area (TPSA) is 57.7 Å². The number of hydrogen-bond donors (Lipinski definition) is 1. The summed E-state index contributed by atoms with van der Waals surface area (Å²) in [7, 11) is 2.10. The predicted octanol–water partition coefficient (Wildman–Crippen LogP) is 1.39. The summed E-state index contributed by atoms with van der Waals surface area (Å²) in [5.41, 5.74) is 0.291. The average Bonchev–Trinajstić information content (AvgIpc) is 2.58. The smallest absolute Gasteiger partial charge is 0.422 e. The number of nitrogens with one attached hydrogen (secondary N) is 1. The van der Waals surface area contributed by atoms with Crippen LogP contribution in [0.3, 0.4) is 0 Å². The van der Waals surface area contributed by atoms with Crippen molar-refractivity contribution in [2.24, 2.45) is 0 Å². The number of carbonyl (C=O) groups is 1. The van der Waals surface area contributed by atoms with Gasteiger partial charge in [-0.15, -0.1) is 0 Å². The van der Waals surface area contributed by atoms with Gasteiger partial charge in [0, 0.05) is 45.0 Å². The van der Waals surface area contributed by atoms with E-state index in [1.165, 1.54) is 18.3 Å². The summed E-state index contributed by atoms with van der Waals surface area (Å²) in [5, 5.41) is 2.79. The molecule has 9 heteroatoms. The molecule has 25 heavy (non-hydrogen) atoms. The van der Waals surface area contributed by atoms with Gasteiger partial charge in [-0.1, -0.05) is 0 Å². The number of likely N-dealkylation sites (N-methyl/N-ethyl adjacent to an activating group) is 1. The lowest BCUT2D eigenvalue weighted by Gasteiger charge is -2.32. The van der Waals surface area contributed by atoms with Crippen LogP contribution >= 0.6 is 0 Å². The summed E-state index contributed by atoms with van der Waals surface area (Å²) in [6, 6.07) is 2.65. The Kier molecular flexibility index (Phi) is 7.01. The minimum atomic E-state index is -4.42. The van der Waals surface area contributed by atoms with Crippen LogP contribution in [0.5, 0.6) is 5.88 Å². The molecule has 140 valence electrons. The van der Waals surface area contributed by atoms with Gasteiger partial charge in [0.25, 0.3) is 5.91 Å². The summed E-state index contributed by atoms with van der Waals surface area (Å²) in [6.45, 7) is 4.25. The number of ether oxygens (including phenoxy) is 1. The van der Waals surface area contributed by atoms with Crippen LogP contribution in [0.2, 0.25) is 0 Å². The molecule has 0 saturated carbocycles. The Morgan fingerprint density at radius 3 is 2.60 bits per heavy atom. The lowest BCUT2D eigenvalue weighted by atomic mass is 10.2. The monoisotopic (exact) mass is 360 g/mol. The molecule has 1 saturated heterocycles. The zero-order valence-electron chi connectivity index (χ0n) is 14.2. The Bertz CT molecular complexity index is 543. The number of alkyl halides is 3. The van der Waals surface area contributed by atoms with E-state index in [-0.39, 0.29) is 11.8 Å². The highest BCUT2D eigenvalue weighted by atomic mass is 19.4. The minimum absolute atomic E-state index is 0.163. The molecule has 0 aromatic carbocycles. The molecule has 0 radical (unpaired) electrons. The fourth-order valence-electron chi connectivity index (χ4n) is 2.43. The number of nitrogens with zero attached hydrogens (tertiary/aromatic N) is 3. The number of carbonyl (C=O) groups excluding carboxylic acids is 1. The zero-order valence-corrected chi connectivity index (χ0v) is 14.2. The Labute approximate surface area is 145 Å². The molecule has 1 aromatic heterocycles. The maximum absolute atomic E-state index is 12.1. The van der Waals surface area contributed by atoms with Crippen molar-refractivity contribution in [3.05, 3.63) is 23.9 Å². The van der Waals surface area contributed by atoms with E-state index in [2.05, 4.69) is 31.9 Å². The maximum atomic E-state index is 12.1. The third-order valence-electron chi connectivity index (χ3n) is 3.91. The first-order valence-electron chi connectivity index (χ1n) is 8.18. The van der Waals surface area contributed by atoms with Gasteiger partial charge in [0.05, 0.1) is 5.56 Å². The first-order chi connectivity index (χ1) is 11.8. The van der Waals surface area contributed by atoms with Crippen LogP contribution in [0, 0.1) is 0 Å². The normalized spacial score (nSPS) is 16.6. The van der Waals surface area contributed by atoms with E-state index in [9.17, 15) is 18.0 Å². The molecule has 0 unspecified atom stereocenters. The van der Waals surface area contributed by atoms with Crippen LogP contribution in [-0.2, 0) is 0 Å². The summed E-state index contributed by atoms with van der Waals surface area (Å²) >= 11 is 0. The van der Waals surface area contributed by atoms with Gasteiger partial charge in [-0.05, 0) is 26.1 Å². The second kappa shape index (κ2) is 9.00. The van der Waals surface area contributed by atoms with Crippen molar-refractivity contribution in [2.75, 3.05) is 52.9 Å². The fourth-order valence-corrected chi connectivity index (χ4v) is 2.43. The first-order valence-corrected chi connectivity index (χ1v) is 8.18. The van der Waals surface area contributed by atoms with Crippen molar-refractivity contribution < 1.29 is 22.7 Å². The molecule has 1 aliphatic rings. The molecule has 0 aliphatic carbocycles. The van der Waals surface area contributed by atoms with Gasteiger partial charge in [-0.2, -0.15) is 13.2 Å². The van der Waals surface area contributed by atoms with E-state index in [1.54, 1.807) is 0 Å². The van der Waals surface area contributed by atoms with Gasteiger partial charge in [0.2, 0.25) is 5.88 Å². The van der Waals surface area contributed by atoms with E-state index in [4.69, 9.17) is 0 Å². The van der Waals surface area contributed by atoms with E-state index >= 15 is 0 Å². The standard InChI is InChI=1S/C16H23F3N4O2/c1-22-7-9-23(10-8-22)6-2-5-20-15(24)13-3-4-14(21-11-13)25-12-16(17,18)19/h3-4,11H,2,5-10,12H2,1H3,(H,20,24). The van der Waals surface area contributed by atoms with E-state index in [0.29, 0.717) is 12.1 Å². The number of pyridine rings is 1. The lowest BCUT2D eigenvalue weighted by Crippen LogP contribution is -2.45. The Balaban J connectivity index is 1.66. The van der Waals surface area contributed by atoms with Gasteiger partial charge in [-0.25, -0.2) is 4.98 Å². The number of piperazine rings is 1. The summed E-state index contributed by atoms with van der Waals surface area (Å²) in [4.78, 5) is 20.3. The number of halogens is 3. The quantitative estimate of drug-likeness (QED) is 0.745. The summed E-state index contributed by atoms with van der Waals surface area (Å²) in [5.74, 6) is -0.461. The largest absolute Gasteiger partial charge is 0.468 e. The van der Waals surface area contributed by atoms with Gasteiger partial charge in [-0.3, -0.25) is 4.79 Å². The molecule has 2 rings (SSSR count). The number of aromatic nitrogens is 1. The molecular formula is C16H23F3N4O2. The third-order valence-corrected chi connectivity index (χ3v) is 3.91. The van der Waals surface area contributed by atoms with Crippen LogP contribution in [0.4, 0.5) is 13.2 Å². The molecule has 1 aromatic rings. The molecule has 0 bridgehead atoms. The van der Waals surface area contributed by atoms with E-state index in [0.717, 1.165) is 39.1 Å². The maximum Gasteiger partial charge on any atom is 0.422 e. The van der Waals surface area contributed by atoms with Crippen LogP contribution in [0.15, 0.2) is 18.3 Å². The molecule has 1 amide bonds. The molecule has 1 fully saturated rings. The van der Waals surface area contributed by atoms with E-state index in [1.807, 2.05) is 0 Å². The van der Waals surface area contributed by atoms with Crippen molar-refractivity contribution >= 4 is 5.91 Å². The predicted molar refractivity (Wildman–Crippen MR) is 86.7 cm³/mol. The summed E-state index contributed by atoms with van der Waals surface area (Å²) in [6.07, 6.45) is -2.36. The van der Waals surface area contributed by atoms with Crippen molar-refractivity contribution in [1.29, 1.82) is 0 Å². The minimum Gasteiger partial charge on any atom is -0.468 e. The van der Waals surface area contributed by atoms with Crippen molar-refractivity contribution in [2.45, 2.75) is 12.6 Å². The van der Waals surface area contributed by atoms with E-state index < -0.39 is 12.8 Å². The van der Waals surface area contributed by atoms with Gasteiger partial charge < -0.3 is 19.9 Å². The van der Waals surface area contributed by atoms with Crippen LogP contribution in [0.25, 0.3) is 0 Å². The second-order valence-electron chi connectivity index (χ2n) is 6.04. The molecule has 2 heterocycles. The third kappa shape index (κ3) is 7.27. The van der Waals surface area contributed by atoms with Crippen LogP contribution < -0.4 is 10.1 Å². The second-order valence-corrected chi connectivity index (χ2v) is 6.04. The van der Waals surface area contributed by atoms with Gasteiger partial charge >= 0.3 is 6.18 Å². The van der Waals surface area contributed by atoms with Gasteiger partial charge in [0.15, 0.2) is 6.61 Å². The van der Waals surface area contributed by atoms with Gasteiger partial charge in [0.1, 0.15) is 0 Å². The molecule has 6 nitrogen and oxygen atoms in total. The highest BCUT2D eigenvalue weighted by molar-refractivity contribution is 5.93.